The smallest absolute Gasteiger partial charge is 0.248 e. The monoisotopic (exact) mass is 458 g/mol. The molecule has 0 fully saturated rings. The summed E-state index contributed by atoms with van der Waals surface area (Å²) in [4.78, 5) is 18.3. The summed E-state index contributed by atoms with van der Waals surface area (Å²) in [6, 6.07) is 11.5. The van der Waals surface area contributed by atoms with E-state index in [9.17, 15) is 4.79 Å². The fourth-order valence-electron chi connectivity index (χ4n) is 2.09. The molecule has 1 aromatic carbocycles. The van der Waals surface area contributed by atoms with Gasteiger partial charge in [-0.3, -0.25) is 4.79 Å². The molecule has 0 aliphatic rings. The first-order chi connectivity index (χ1) is 11.1. The van der Waals surface area contributed by atoms with Crippen molar-refractivity contribution in [3.05, 3.63) is 57.3 Å². The van der Waals surface area contributed by atoms with Crippen LogP contribution in [0, 0.1) is 6.92 Å². The maximum atomic E-state index is 11.2. The summed E-state index contributed by atoms with van der Waals surface area (Å²) in [7, 11) is 0. The molecule has 0 unspecified atom stereocenters. The Labute approximate surface area is 163 Å². The minimum Gasteiger partial charge on any atom is -0.366 e. The van der Waals surface area contributed by atoms with Gasteiger partial charge in [0.05, 0.1) is 13.1 Å². The van der Waals surface area contributed by atoms with E-state index in [1.807, 2.05) is 19.1 Å². The molecule has 130 valence electrons. The van der Waals surface area contributed by atoms with Crippen molar-refractivity contribution < 1.29 is 4.79 Å². The number of nitrogens with zero attached hydrogens (tertiary/aromatic N) is 1. The van der Waals surface area contributed by atoms with E-state index in [4.69, 9.17) is 5.73 Å². The van der Waals surface area contributed by atoms with E-state index in [2.05, 4.69) is 34.7 Å². The third-order valence-electron chi connectivity index (χ3n) is 3.20. The second-order valence-electron chi connectivity index (χ2n) is 5.13. The molecule has 2 rings (SSSR count). The van der Waals surface area contributed by atoms with Crippen LogP contribution >= 0.6 is 35.3 Å². The van der Waals surface area contributed by atoms with E-state index >= 15 is 0 Å². The van der Waals surface area contributed by atoms with Gasteiger partial charge in [-0.1, -0.05) is 12.1 Å². The molecule has 2 aromatic rings. The zero-order valence-electron chi connectivity index (χ0n) is 13.8. The fourth-order valence-corrected chi connectivity index (χ4v) is 2.92. The van der Waals surface area contributed by atoms with Gasteiger partial charge < -0.3 is 16.4 Å². The molecular formula is C17H23IN4OS. The summed E-state index contributed by atoms with van der Waals surface area (Å²) in [5, 5.41) is 6.53. The second-order valence-corrected chi connectivity index (χ2v) is 6.50. The number of thiophene rings is 1. The molecule has 5 nitrogen and oxygen atoms in total. The van der Waals surface area contributed by atoms with Crippen LogP contribution in [-0.2, 0) is 13.1 Å². The van der Waals surface area contributed by atoms with E-state index in [0.717, 1.165) is 24.6 Å². The van der Waals surface area contributed by atoms with Gasteiger partial charge in [-0.05, 0) is 43.7 Å². The predicted octanol–water partition coefficient (Wildman–Crippen LogP) is 3.03. The standard InChI is InChI=1S/C17H22N4OS.HI/c1-3-19-17(21-11-15-8-7-12(2)23-15)20-10-13-5-4-6-14(9-13)16(18)22;/h4-9H,3,10-11H2,1-2H3,(H2,18,22)(H2,19,20,21);1H. The average Bonchev–Trinajstić information content (AvgIpc) is 2.96. The summed E-state index contributed by atoms with van der Waals surface area (Å²) in [6.07, 6.45) is 0. The Morgan fingerprint density at radius 1 is 1.25 bits per heavy atom. The summed E-state index contributed by atoms with van der Waals surface area (Å²) >= 11 is 1.77. The Hall–Kier alpha value is -1.61. The molecule has 1 heterocycles. The summed E-state index contributed by atoms with van der Waals surface area (Å²) in [5.41, 5.74) is 6.76. The number of carbonyl (C=O) groups excluding carboxylic acids is 1. The van der Waals surface area contributed by atoms with Gasteiger partial charge in [0.15, 0.2) is 5.96 Å². The minimum absolute atomic E-state index is 0. The minimum atomic E-state index is -0.422. The van der Waals surface area contributed by atoms with Crippen LogP contribution in [0.2, 0.25) is 0 Å². The number of carbonyl (C=O) groups is 1. The van der Waals surface area contributed by atoms with Crippen LogP contribution < -0.4 is 16.4 Å². The first kappa shape index (κ1) is 20.4. The Morgan fingerprint density at radius 2 is 2.04 bits per heavy atom. The van der Waals surface area contributed by atoms with Gasteiger partial charge in [-0.2, -0.15) is 0 Å². The number of aryl methyl sites for hydroxylation is 1. The molecule has 0 bridgehead atoms. The maximum Gasteiger partial charge on any atom is 0.248 e. The maximum absolute atomic E-state index is 11.2. The number of rotatable bonds is 6. The molecule has 4 N–H and O–H groups in total. The zero-order valence-corrected chi connectivity index (χ0v) is 17.0. The number of hydrogen-bond acceptors (Lipinski definition) is 3. The normalized spacial score (nSPS) is 10.8. The average molecular weight is 458 g/mol. The highest BCUT2D eigenvalue weighted by atomic mass is 127. The van der Waals surface area contributed by atoms with Crippen molar-refractivity contribution in [2.45, 2.75) is 26.9 Å². The molecule has 0 saturated carbocycles. The van der Waals surface area contributed by atoms with Crippen molar-refractivity contribution in [2.75, 3.05) is 6.54 Å². The van der Waals surface area contributed by atoms with E-state index < -0.39 is 5.91 Å². The highest BCUT2D eigenvalue weighted by molar-refractivity contribution is 14.0. The van der Waals surface area contributed by atoms with Crippen LogP contribution in [0.15, 0.2) is 41.4 Å². The highest BCUT2D eigenvalue weighted by Gasteiger charge is 2.03. The van der Waals surface area contributed by atoms with Gasteiger partial charge in [0, 0.05) is 21.9 Å². The van der Waals surface area contributed by atoms with Crippen LogP contribution in [0.25, 0.3) is 0 Å². The molecule has 0 aliphatic carbocycles. The Morgan fingerprint density at radius 3 is 2.67 bits per heavy atom. The number of nitrogens with two attached hydrogens (primary N) is 1. The fraction of sp³-hybridized carbons (Fsp3) is 0.294. The third kappa shape index (κ3) is 6.48. The number of benzene rings is 1. The third-order valence-corrected chi connectivity index (χ3v) is 4.20. The van der Waals surface area contributed by atoms with Crippen LogP contribution in [0.1, 0.15) is 32.6 Å². The second kappa shape index (κ2) is 10.3. The van der Waals surface area contributed by atoms with Crippen LogP contribution in [0.5, 0.6) is 0 Å². The van der Waals surface area contributed by atoms with Crippen molar-refractivity contribution in [1.82, 2.24) is 10.6 Å². The van der Waals surface area contributed by atoms with Crippen LogP contribution in [0.4, 0.5) is 0 Å². The van der Waals surface area contributed by atoms with Gasteiger partial charge in [0.25, 0.3) is 0 Å². The topological polar surface area (TPSA) is 79.5 Å². The lowest BCUT2D eigenvalue weighted by atomic mass is 10.1. The molecule has 0 radical (unpaired) electrons. The lowest BCUT2D eigenvalue weighted by Crippen LogP contribution is -2.36. The Bertz CT molecular complexity index is 699. The van der Waals surface area contributed by atoms with Crippen molar-refractivity contribution in [1.29, 1.82) is 0 Å². The predicted molar refractivity (Wildman–Crippen MR) is 111 cm³/mol. The molecule has 0 saturated heterocycles. The Kier molecular flexibility index (Phi) is 8.77. The molecule has 1 aromatic heterocycles. The first-order valence-electron chi connectivity index (χ1n) is 7.54. The quantitative estimate of drug-likeness (QED) is 0.354. The number of amides is 1. The summed E-state index contributed by atoms with van der Waals surface area (Å²) < 4.78 is 0. The Balaban J connectivity index is 0.00000288. The van der Waals surface area contributed by atoms with Crippen LogP contribution in [0.3, 0.4) is 0 Å². The molecule has 0 spiro atoms. The lowest BCUT2D eigenvalue weighted by Gasteiger charge is -2.10. The van der Waals surface area contributed by atoms with Crippen LogP contribution in [-0.4, -0.2) is 18.4 Å². The molecular weight excluding hydrogens is 435 g/mol. The van der Waals surface area contributed by atoms with Gasteiger partial charge in [0.2, 0.25) is 5.91 Å². The van der Waals surface area contributed by atoms with Crippen molar-refractivity contribution >= 4 is 47.2 Å². The largest absolute Gasteiger partial charge is 0.366 e. The molecule has 7 heteroatoms. The molecule has 24 heavy (non-hydrogen) atoms. The first-order valence-corrected chi connectivity index (χ1v) is 8.36. The number of primary amides is 1. The number of halogens is 1. The van der Waals surface area contributed by atoms with E-state index in [1.165, 1.54) is 9.75 Å². The molecule has 0 atom stereocenters. The van der Waals surface area contributed by atoms with Gasteiger partial charge in [0.1, 0.15) is 0 Å². The van der Waals surface area contributed by atoms with Gasteiger partial charge >= 0.3 is 0 Å². The lowest BCUT2D eigenvalue weighted by molar-refractivity contribution is 0.1000. The van der Waals surface area contributed by atoms with E-state index in [1.54, 1.807) is 23.5 Å². The number of nitrogens with one attached hydrogen (secondary N) is 2. The number of guanidine groups is 1. The van der Waals surface area contributed by atoms with Gasteiger partial charge in [-0.15, -0.1) is 35.3 Å². The SMILES string of the molecule is CCNC(=NCc1cccc(C(N)=O)c1)NCc1ccc(C)s1.I. The molecule has 1 amide bonds. The van der Waals surface area contributed by atoms with Crippen molar-refractivity contribution in [3.63, 3.8) is 0 Å². The number of aliphatic imine (C=N–C) groups is 1. The van der Waals surface area contributed by atoms with Crippen molar-refractivity contribution in [2.24, 2.45) is 10.7 Å². The summed E-state index contributed by atoms with van der Waals surface area (Å²) in [5.74, 6) is 0.331. The van der Waals surface area contributed by atoms with E-state index in [0.29, 0.717) is 12.1 Å². The van der Waals surface area contributed by atoms with Gasteiger partial charge in [-0.25, -0.2) is 4.99 Å². The summed E-state index contributed by atoms with van der Waals surface area (Å²) in [6.45, 7) is 6.14. The van der Waals surface area contributed by atoms with E-state index in [-0.39, 0.29) is 24.0 Å². The zero-order chi connectivity index (χ0) is 16.7. The number of hydrogen-bond donors (Lipinski definition) is 3. The highest BCUT2D eigenvalue weighted by Crippen LogP contribution is 2.14. The molecule has 0 aliphatic heterocycles. The van der Waals surface area contributed by atoms with Crippen molar-refractivity contribution in [3.8, 4) is 0 Å².